The second kappa shape index (κ2) is 8.56. The number of alkyl carbamates (subject to hydrolysis) is 1. The number of anilines is 1. The van der Waals surface area contributed by atoms with Crippen LogP contribution >= 0.6 is 15.9 Å². The van der Waals surface area contributed by atoms with Crippen molar-refractivity contribution in [3.63, 3.8) is 0 Å². The van der Waals surface area contributed by atoms with E-state index in [1.165, 1.54) is 25.7 Å². The molecule has 1 aliphatic heterocycles. The quantitative estimate of drug-likeness (QED) is 0.606. The van der Waals surface area contributed by atoms with Crippen LogP contribution in [0.2, 0.25) is 0 Å². The average Bonchev–Trinajstić information content (AvgIpc) is 3.24. The van der Waals surface area contributed by atoms with Crippen molar-refractivity contribution in [3.05, 3.63) is 64.1 Å². The third kappa shape index (κ3) is 4.19. The van der Waals surface area contributed by atoms with Crippen molar-refractivity contribution in [2.45, 2.75) is 51.3 Å². The number of hydrogen-bond acceptors (Lipinski definition) is 3. The highest BCUT2D eigenvalue weighted by molar-refractivity contribution is 9.10. The van der Waals surface area contributed by atoms with Crippen LogP contribution in [0.3, 0.4) is 0 Å². The Balaban J connectivity index is 1.46. The standard InChI is InChI=1S/C23H27BrN2O2/c1-15-21(17-6-2-3-7-17)25-20-9-5-4-8-19(20)22(15)26-23(27)28-14-16-10-12-18(24)13-11-16/h4-5,8-13,15,17,21-22,25H,2-3,6-7,14H2,1H3,(H,26,27)/t15-,21+,22+/m1/s1. The molecule has 0 saturated heterocycles. The van der Waals surface area contributed by atoms with Crippen LogP contribution in [0.15, 0.2) is 53.0 Å². The summed E-state index contributed by atoms with van der Waals surface area (Å²) >= 11 is 3.42. The third-order valence-electron chi connectivity index (χ3n) is 6.17. The predicted molar refractivity (Wildman–Crippen MR) is 115 cm³/mol. The van der Waals surface area contributed by atoms with Gasteiger partial charge in [0.1, 0.15) is 6.61 Å². The van der Waals surface area contributed by atoms with E-state index >= 15 is 0 Å². The number of amides is 1. The zero-order valence-corrected chi connectivity index (χ0v) is 17.7. The van der Waals surface area contributed by atoms with Gasteiger partial charge in [0, 0.05) is 22.1 Å². The van der Waals surface area contributed by atoms with Crippen LogP contribution in [0.25, 0.3) is 0 Å². The first-order chi connectivity index (χ1) is 13.6. The predicted octanol–water partition coefficient (Wildman–Crippen LogP) is 6.04. The summed E-state index contributed by atoms with van der Waals surface area (Å²) in [4.78, 5) is 12.6. The molecule has 1 amide bonds. The van der Waals surface area contributed by atoms with Gasteiger partial charge in [-0.25, -0.2) is 4.79 Å². The number of hydrogen-bond donors (Lipinski definition) is 2. The molecule has 3 atom stereocenters. The first-order valence-corrected chi connectivity index (χ1v) is 10.9. The maximum Gasteiger partial charge on any atom is 0.407 e. The van der Waals surface area contributed by atoms with Crippen molar-refractivity contribution in [2.24, 2.45) is 11.8 Å². The highest BCUT2D eigenvalue weighted by atomic mass is 79.9. The van der Waals surface area contributed by atoms with Gasteiger partial charge >= 0.3 is 6.09 Å². The lowest BCUT2D eigenvalue weighted by molar-refractivity contribution is 0.129. The van der Waals surface area contributed by atoms with Gasteiger partial charge in [0.2, 0.25) is 0 Å². The van der Waals surface area contributed by atoms with Gasteiger partial charge in [-0.1, -0.05) is 66.0 Å². The van der Waals surface area contributed by atoms with Crippen LogP contribution in [-0.2, 0) is 11.3 Å². The smallest absolute Gasteiger partial charge is 0.407 e. The van der Waals surface area contributed by atoms with Gasteiger partial charge in [-0.3, -0.25) is 0 Å². The summed E-state index contributed by atoms with van der Waals surface area (Å²) in [5, 5.41) is 6.91. The summed E-state index contributed by atoms with van der Waals surface area (Å²) < 4.78 is 6.52. The second-order valence-corrected chi connectivity index (χ2v) is 8.90. The van der Waals surface area contributed by atoms with Gasteiger partial charge in [0.15, 0.2) is 0 Å². The lowest BCUT2D eigenvalue weighted by atomic mass is 9.77. The fourth-order valence-corrected chi connectivity index (χ4v) is 4.94. The fraction of sp³-hybridized carbons (Fsp3) is 0.435. The Kier molecular flexibility index (Phi) is 5.90. The highest BCUT2D eigenvalue weighted by Crippen LogP contribution is 2.42. The second-order valence-electron chi connectivity index (χ2n) is 7.99. The van der Waals surface area contributed by atoms with E-state index in [4.69, 9.17) is 4.74 Å². The Morgan fingerprint density at radius 1 is 1.14 bits per heavy atom. The molecular formula is C23H27BrN2O2. The van der Waals surface area contributed by atoms with E-state index in [2.05, 4.69) is 51.7 Å². The SMILES string of the molecule is C[C@H]1[C@H](NC(=O)OCc2ccc(Br)cc2)c2ccccc2N[C@@H]1C1CCCC1. The molecule has 4 rings (SSSR count). The monoisotopic (exact) mass is 442 g/mol. The minimum Gasteiger partial charge on any atom is -0.445 e. The molecule has 1 heterocycles. The molecule has 148 valence electrons. The van der Waals surface area contributed by atoms with Crippen molar-refractivity contribution in [3.8, 4) is 0 Å². The first kappa shape index (κ1) is 19.3. The molecule has 2 N–H and O–H groups in total. The Bertz CT molecular complexity index is 818. The molecular weight excluding hydrogens is 416 g/mol. The van der Waals surface area contributed by atoms with E-state index < -0.39 is 0 Å². The van der Waals surface area contributed by atoms with Crippen LogP contribution in [0.5, 0.6) is 0 Å². The molecule has 0 aromatic heterocycles. The molecule has 1 saturated carbocycles. The Labute approximate surface area is 175 Å². The Hall–Kier alpha value is -2.01. The van der Waals surface area contributed by atoms with Crippen molar-refractivity contribution < 1.29 is 9.53 Å². The summed E-state index contributed by atoms with van der Waals surface area (Å²) in [7, 11) is 0. The molecule has 0 bridgehead atoms. The average molecular weight is 443 g/mol. The topological polar surface area (TPSA) is 50.4 Å². The number of carbonyl (C=O) groups excluding carboxylic acids is 1. The number of para-hydroxylation sites is 1. The van der Waals surface area contributed by atoms with Gasteiger partial charge in [0.25, 0.3) is 0 Å². The summed E-state index contributed by atoms with van der Waals surface area (Å²) in [5.74, 6) is 0.977. The number of fused-ring (bicyclic) bond motifs is 1. The molecule has 5 heteroatoms. The van der Waals surface area contributed by atoms with Crippen LogP contribution in [0, 0.1) is 11.8 Å². The molecule has 1 fully saturated rings. The summed E-state index contributed by atoms with van der Waals surface area (Å²) in [6.45, 7) is 2.51. The maximum atomic E-state index is 12.6. The van der Waals surface area contributed by atoms with Gasteiger partial charge < -0.3 is 15.4 Å². The van der Waals surface area contributed by atoms with E-state index in [1.54, 1.807) is 0 Å². The van der Waals surface area contributed by atoms with Crippen molar-refractivity contribution in [1.82, 2.24) is 5.32 Å². The zero-order chi connectivity index (χ0) is 19.5. The van der Waals surface area contributed by atoms with Crippen LogP contribution in [0.4, 0.5) is 10.5 Å². The Morgan fingerprint density at radius 3 is 2.61 bits per heavy atom. The Morgan fingerprint density at radius 2 is 1.86 bits per heavy atom. The van der Waals surface area contributed by atoms with Gasteiger partial charge in [-0.2, -0.15) is 0 Å². The number of benzene rings is 2. The van der Waals surface area contributed by atoms with Crippen molar-refractivity contribution >= 4 is 27.7 Å². The highest BCUT2D eigenvalue weighted by Gasteiger charge is 2.39. The third-order valence-corrected chi connectivity index (χ3v) is 6.70. The van der Waals surface area contributed by atoms with Crippen molar-refractivity contribution in [1.29, 1.82) is 0 Å². The summed E-state index contributed by atoms with van der Waals surface area (Å²) in [6.07, 6.45) is 4.80. The molecule has 0 spiro atoms. The number of rotatable bonds is 4. The lowest BCUT2D eigenvalue weighted by Gasteiger charge is -2.41. The van der Waals surface area contributed by atoms with E-state index in [0.29, 0.717) is 17.9 Å². The molecule has 1 aliphatic carbocycles. The van der Waals surface area contributed by atoms with Gasteiger partial charge in [0.05, 0.1) is 6.04 Å². The molecule has 2 aromatic rings. The number of halogens is 1. The van der Waals surface area contributed by atoms with E-state index in [1.807, 2.05) is 30.3 Å². The van der Waals surface area contributed by atoms with Crippen LogP contribution < -0.4 is 10.6 Å². The summed E-state index contributed by atoms with van der Waals surface area (Å²) in [5.41, 5.74) is 3.25. The number of carbonyl (C=O) groups is 1. The molecule has 2 aliphatic rings. The van der Waals surface area contributed by atoms with E-state index in [0.717, 1.165) is 21.3 Å². The fourth-order valence-electron chi connectivity index (χ4n) is 4.67. The molecule has 2 aromatic carbocycles. The van der Waals surface area contributed by atoms with E-state index in [-0.39, 0.29) is 18.7 Å². The first-order valence-electron chi connectivity index (χ1n) is 10.1. The molecule has 28 heavy (non-hydrogen) atoms. The largest absolute Gasteiger partial charge is 0.445 e. The lowest BCUT2D eigenvalue weighted by Crippen LogP contribution is -2.46. The van der Waals surface area contributed by atoms with Crippen molar-refractivity contribution in [2.75, 3.05) is 5.32 Å². The van der Waals surface area contributed by atoms with Gasteiger partial charge in [-0.15, -0.1) is 0 Å². The normalized spacial score (nSPS) is 24.3. The van der Waals surface area contributed by atoms with Crippen LogP contribution in [-0.4, -0.2) is 12.1 Å². The maximum absolute atomic E-state index is 12.6. The molecule has 4 nitrogen and oxygen atoms in total. The van der Waals surface area contributed by atoms with Gasteiger partial charge in [-0.05, 0) is 48.1 Å². The molecule has 0 radical (unpaired) electrons. The number of nitrogens with one attached hydrogen (secondary N) is 2. The van der Waals surface area contributed by atoms with Crippen LogP contribution in [0.1, 0.15) is 49.8 Å². The summed E-state index contributed by atoms with van der Waals surface area (Å²) in [6, 6.07) is 16.5. The van der Waals surface area contributed by atoms with E-state index in [9.17, 15) is 4.79 Å². The number of ether oxygens (including phenoxy) is 1. The molecule has 0 unspecified atom stereocenters. The minimum absolute atomic E-state index is 0.0412. The zero-order valence-electron chi connectivity index (χ0n) is 16.2. The minimum atomic E-state index is -0.360.